The molecular formula is C5H6N2O2S. The van der Waals surface area contributed by atoms with Gasteiger partial charge in [-0.3, -0.25) is 10.1 Å². The van der Waals surface area contributed by atoms with Gasteiger partial charge in [0.1, 0.15) is 5.69 Å². The van der Waals surface area contributed by atoms with Crippen molar-refractivity contribution in [1.29, 1.82) is 0 Å². The van der Waals surface area contributed by atoms with Crippen LogP contribution in [-0.2, 0) is 6.42 Å². The predicted octanol–water partition coefficient (Wildman–Crippen LogP) is 1.61. The number of rotatable bonds is 2. The fraction of sp³-hybridized carbons (Fsp3) is 0.400. The average molecular weight is 158 g/mol. The Balaban J connectivity index is 3.01. The molecule has 0 fully saturated rings. The standard InChI is InChI=1S/C5H6N2O2S/c1-2-4-5(7(8)9)10-3-6-4/h3H,2H2,1H3. The van der Waals surface area contributed by atoms with E-state index in [-0.39, 0.29) is 5.00 Å². The second-order valence-corrected chi connectivity index (χ2v) is 2.55. The first-order valence-electron chi connectivity index (χ1n) is 2.82. The number of nitro groups is 1. The number of nitrogens with zero attached hydrogens (tertiary/aromatic N) is 2. The van der Waals surface area contributed by atoms with Crippen LogP contribution < -0.4 is 0 Å². The van der Waals surface area contributed by atoms with Crippen molar-refractivity contribution in [2.45, 2.75) is 13.3 Å². The molecule has 0 aliphatic heterocycles. The van der Waals surface area contributed by atoms with Crippen molar-refractivity contribution in [1.82, 2.24) is 4.98 Å². The number of aryl methyl sites for hydroxylation is 1. The van der Waals surface area contributed by atoms with Crippen LogP contribution in [0.2, 0.25) is 0 Å². The van der Waals surface area contributed by atoms with Gasteiger partial charge in [-0.05, 0) is 17.8 Å². The van der Waals surface area contributed by atoms with Crippen molar-refractivity contribution in [3.05, 3.63) is 21.3 Å². The quantitative estimate of drug-likeness (QED) is 0.485. The van der Waals surface area contributed by atoms with E-state index in [2.05, 4.69) is 4.98 Å². The molecule has 0 saturated carbocycles. The van der Waals surface area contributed by atoms with E-state index in [1.165, 1.54) is 5.51 Å². The maximum atomic E-state index is 10.2. The Morgan fingerprint density at radius 1 is 1.90 bits per heavy atom. The van der Waals surface area contributed by atoms with Crippen molar-refractivity contribution < 1.29 is 4.92 Å². The molecule has 0 spiro atoms. The summed E-state index contributed by atoms with van der Waals surface area (Å²) in [5.41, 5.74) is 2.08. The monoisotopic (exact) mass is 158 g/mol. The second kappa shape index (κ2) is 2.74. The Bertz CT molecular complexity index is 246. The lowest BCUT2D eigenvalue weighted by atomic mass is 10.4. The highest BCUT2D eigenvalue weighted by Gasteiger charge is 2.14. The zero-order valence-corrected chi connectivity index (χ0v) is 6.22. The third kappa shape index (κ3) is 1.13. The van der Waals surface area contributed by atoms with Gasteiger partial charge in [0.25, 0.3) is 0 Å². The molecule has 0 unspecified atom stereocenters. The van der Waals surface area contributed by atoms with E-state index in [0.29, 0.717) is 12.1 Å². The fourth-order valence-electron chi connectivity index (χ4n) is 0.654. The van der Waals surface area contributed by atoms with E-state index >= 15 is 0 Å². The van der Waals surface area contributed by atoms with E-state index in [9.17, 15) is 10.1 Å². The molecule has 5 heteroatoms. The summed E-state index contributed by atoms with van der Waals surface area (Å²) in [5, 5.41) is 10.4. The molecule has 1 heterocycles. The van der Waals surface area contributed by atoms with Gasteiger partial charge in [0.2, 0.25) is 0 Å². The maximum absolute atomic E-state index is 10.2. The lowest BCUT2D eigenvalue weighted by Crippen LogP contribution is -1.89. The van der Waals surface area contributed by atoms with Gasteiger partial charge in [0.05, 0.1) is 10.4 Å². The van der Waals surface area contributed by atoms with E-state index in [1.807, 2.05) is 6.92 Å². The van der Waals surface area contributed by atoms with Crippen LogP contribution >= 0.6 is 11.3 Å². The highest BCUT2D eigenvalue weighted by atomic mass is 32.1. The molecular weight excluding hydrogens is 152 g/mol. The van der Waals surface area contributed by atoms with Crippen LogP contribution in [0.4, 0.5) is 5.00 Å². The van der Waals surface area contributed by atoms with Gasteiger partial charge in [-0.2, -0.15) is 0 Å². The smallest absolute Gasteiger partial charge is 0.257 e. The lowest BCUT2D eigenvalue weighted by molar-refractivity contribution is -0.381. The highest BCUT2D eigenvalue weighted by molar-refractivity contribution is 7.13. The first kappa shape index (κ1) is 7.14. The zero-order valence-electron chi connectivity index (χ0n) is 5.40. The topological polar surface area (TPSA) is 56.0 Å². The fourth-order valence-corrected chi connectivity index (χ4v) is 1.35. The van der Waals surface area contributed by atoms with Crippen LogP contribution in [0.1, 0.15) is 12.6 Å². The number of hydrogen-bond acceptors (Lipinski definition) is 4. The summed E-state index contributed by atoms with van der Waals surface area (Å²) in [6.07, 6.45) is 0.625. The molecule has 0 aromatic carbocycles. The molecule has 1 aromatic rings. The Hall–Kier alpha value is -0.970. The largest absolute Gasteiger partial charge is 0.346 e. The molecule has 10 heavy (non-hydrogen) atoms. The number of aromatic nitrogens is 1. The molecule has 0 aliphatic carbocycles. The predicted molar refractivity (Wildman–Crippen MR) is 38.1 cm³/mol. The van der Waals surface area contributed by atoms with Crippen molar-refractivity contribution in [2.75, 3.05) is 0 Å². The summed E-state index contributed by atoms with van der Waals surface area (Å²) in [6.45, 7) is 1.85. The Labute approximate surface area is 61.7 Å². The minimum atomic E-state index is -0.392. The first-order chi connectivity index (χ1) is 4.75. The van der Waals surface area contributed by atoms with Crippen molar-refractivity contribution in [3.63, 3.8) is 0 Å². The summed E-state index contributed by atoms with van der Waals surface area (Å²) in [5.74, 6) is 0. The molecule has 0 amide bonds. The molecule has 0 saturated heterocycles. The van der Waals surface area contributed by atoms with Crippen LogP contribution in [0.25, 0.3) is 0 Å². The van der Waals surface area contributed by atoms with Crippen molar-refractivity contribution in [3.8, 4) is 0 Å². The van der Waals surface area contributed by atoms with Gasteiger partial charge in [-0.25, -0.2) is 4.98 Å². The van der Waals surface area contributed by atoms with E-state index in [1.54, 1.807) is 0 Å². The minimum absolute atomic E-state index is 0.169. The highest BCUT2D eigenvalue weighted by Crippen LogP contribution is 2.22. The average Bonchev–Trinajstić information content (AvgIpc) is 2.33. The Morgan fingerprint density at radius 3 is 3.00 bits per heavy atom. The Kier molecular flexibility index (Phi) is 1.96. The molecule has 0 aliphatic rings. The molecule has 0 N–H and O–H groups in total. The van der Waals surface area contributed by atoms with Gasteiger partial charge in [0, 0.05) is 0 Å². The number of thiazole rings is 1. The van der Waals surface area contributed by atoms with Crippen LogP contribution in [-0.4, -0.2) is 9.91 Å². The van der Waals surface area contributed by atoms with Crippen LogP contribution in [0.15, 0.2) is 5.51 Å². The molecule has 1 rings (SSSR count). The Morgan fingerprint density at radius 2 is 2.60 bits per heavy atom. The van der Waals surface area contributed by atoms with E-state index < -0.39 is 4.92 Å². The molecule has 0 radical (unpaired) electrons. The third-order valence-electron chi connectivity index (χ3n) is 1.12. The normalized spacial score (nSPS) is 9.70. The molecule has 54 valence electrons. The van der Waals surface area contributed by atoms with Gasteiger partial charge in [-0.1, -0.05) is 6.92 Å². The summed E-state index contributed by atoms with van der Waals surface area (Å²) in [6, 6.07) is 0. The second-order valence-electron chi connectivity index (χ2n) is 1.71. The van der Waals surface area contributed by atoms with Gasteiger partial charge < -0.3 is 0 Å². The summed E-state index contributed by atoms with van der Waals surface area (Å²) >= 11 is 1.07. The molecule has 1 aromatic heterocycles. The van der Waals surface area contributed by atoms with E-state index in [0.717, 1.165) is 11.3 Å². The molecule has 4 nitrogen and oxygen atoms in total. The zero-order chi connectivity index (χ0) is 7.56. The third-order valence-corrected chi connectivity index (χ3v) is 1.94. The maximum Gasteiger partial charge on any atom is 0.346 e. The van der Waals surface area contributed by atoms with Gasteiger partial charge in [0.15, 0.2) is 0 Å². The first-order valence-corrected chi connectivity index (χ1v) is 3.70. The van der Waals surface area contributed by atoms with Crippen LogP contribution in [0, 0.1) is 10.1 Å². The summed E-state index contributed by atoms with van der Waals surface area (Å²) in [4.78, 5) is 13.7. The van der Waals surface area contributed by atoms with Crippen molar-refractivity contribution in [2.24, 2.45) is 0 Å². The van der Waals surface area contributed by atoms with Crippen molar-refractivity contribution >= 4 is 16.3 Å². The minimum Gasteiger partial charge on any atom is -0.257 e. The van der Waals surface area contributed by atoms with Gasteiger partial charge >= 0.3 is 5.00 Å². The van der Waals surface area contributed by atoms with Crippen LogP contribution in [0.3, 0.4) is 0 Å². The molecule has 0 bridgehead atoms. The summed E-state index contributed by atoms with van der Waals surface area (Å²) < 4.78 is 0. The SMILES string of the molecule is CCc1ncsc1[N+](=O)[O-]. The van der Waals surface area contributed by atoms with Crippen LogP contribution in [0.5, 0.6) is 0 Å². The number of hydrogen-bond donors (Lipinski definition) is 0. The van der Waals surface area contributed by atoms with Gasteiger partial charge in [-0.15, -0.1) is 0 Å². The molecule has 0 atom stereocenters. The summed E-state index contributed by atoms with van der Waals surface area (Å²) in [7, 11) is 0. The lowest BCUT2D eigenvalue weighted by Gasteiger charge is -1.86. The van der Waals surface area contributed by atoms with E-state index in [4.69, 9.17) is 0 Å².